The van der Waals surface area contributed by atoms with Crippen LogP contribution in [0, 0.1) is 11.8 Å². The lowest BCUT2D eigenvalue weighted by atomic mass is 10.0. The van der Waals surface area contributed by atoms with E-state index in [1.54, 1.807) is 11.9 Å². The molecule has 4 rings (SSSR count). The highest BCUT2D eigenvalue weighted by Crippen LogP contribution is 2.34. The van der Waals surface area contributed by atoms with Gasteiger partial charge in [-0.3, -0.25) is 19.9 Å². The van der Waals surface area contributed by atoms with Crippen LogP contribution in [0.3, 0.4) is 0 Å². The van der Waals surface area contributed by atoms with Gasteiger partial charge in [0.25, 0.3) is 5.91 Å². The van der Waals surface area contributed by atoms with Gasteiger partial charge in [0.05, 0.1) is 0 Å². The zero-order valence-corrected chi connectivity index (χ0v) is 18.4. The Bertz CT molecular complexity index is 770. The third-order valence-electron chi connectivity index (χ3n) is 5.79. The number of halogens is 1. The number of likely N-dealkylation sites (N-methyl/N-ethyl adjacent to an activating group) is 1. The van der Waals surface area contributed by atoms with Crippen LogP contribution in [0.25, 0.3) is 0 Å². The second-order valence-electron chi connectivity index (χ2n) is 8.60. The monoisotopic (exact) mass is 449 g/mol. The van der Waals surface area contributed by atoms with Crippen molar-refractivity contribution in [2.75, 3.05) is 31.6 Å². The fourth-order valence-electron chi connectivity index (χ4n) is 4.58. The summed E-state index contributed by atoms with van der Waals surface area (Å²) >= 11 is 3.50. The summed E-state index contributed by atoms with van der Waals surface area (Å²) < 4.78 is 1.04. The van der Waals surface area contributed by atoms with Crippen LogP contribution < -0.4 is 10.2 Å². The number of amides is 3. The Morgan fingerprint density at radius 3 is 2.50 bits per heavy atom. The fraction of sp³-hybridized carbons (Fsp3) is 0.600. The van der Waals surface area contributed by atoms with Crippen LogP contribution in [0.1, 0.15) is 20.8 Å². The van der Waals surface area contributed by atoms with Gasteiger partial charge in [0.15, 0.2) is 0 Å². The lowest BCUT2D eigenvalue weighted by molar-refractivity contribution is -0.139. The Labute approximate surface area is 174 Å². The molecule has 8 heteroatoms. The Morgan fingerprint density at radius 2 is 1.86 bits per heavy atom. The molecule has 3 heterocycles. The smallest absolute Gasteiger partial charge is 0.327 e. The molecule has 0 spiro atoms. The van der Waals surface area contributed by atoms with Crippen molar-refractivity contribution >= 4 is 33.6 Å². The maximum absolute atomic E-state index is 13.3. The molecule has 3 saturated heterocycles. The average Bonchev–Trinajstić information content (AvgIpc) is 3.03. The third kappa shape index (κ3) is 3.21. The summed E-state index contributed by atoms with van der Waals surface area (Å²) in [7, 11) is 1.79. The first-order valence-corrected chi connectivity index (χ1v) is 10.7. The van der Waals surface area contributed by atoms with Gasteiger partial charge >= 0.3 is 6.03 Å². The molecule has 28 heavy (non-hydrogen) atoms. The van der Waals surface area contributed by atoms with Gasteiger partial charge in [0.2, 0.25) is 0 Å². The summed E-state index contributed by atoms with van der Waals surface area (Å²) in [4.78, 5) is 33.8. The zero-order chi connectivity index (χ0) is 20.2. The number of hydrogen-bond donors (Lipinski definition) is 1. The number of hydrogen-bond acceptors (Lipinski definition) is 5. The van der Waals surface area contributed by atoms with Crippen LogP contribution >= 0.6 is 15.9 Å². The number of benzene rings is 1. The van der Waals surface area contributed by atoms with Crippen molar-refractivity contribution in [3.05, 3.63) is 28.7 Å². The van der Waals surface area contributed by atoms with Gasteiger partial charge in [-0.15, -0.1) is 0 Å². The van der Waals surface area contributed by atoms with E-state index in [-0.39, 0.29) is 36.4 Å². The second kappa shape index (κ2) is 7.31. The molecule has 4 unspecified atom stereocenters. The minimum atomic E-state index is -0.354. The zero-order valence-electron chi connectivity index (χ0n) is 16.8. The Morgan fingerprint density at radius 1 is 1.18 bits per heavy atom. The van der Waals surface area contributed by atoms with E-state index in [2.05, 4.69) is 50.1 Å². The van der Waals surface area contributed by atoms with Crippen LogP contribution in [0.5, 0.6) is 0 Å². The highest BCUT2D eigenvalue weighted by Gasteiger charge is 2.56. The minimum Gasteiger partial charge on any atom is -0.343 e. The molecule has 1 aromatic rings. The van der Waals surface area contributed by atoms with Gasteiger partial charge in [-0.25, -0.2) is 4.79 Å². The normalized spacial score (nSPS) is 30.9. The molecule has 152 valence electrons. The van der Waals surface area contributed by atoms with Gasteiger partial charge in [-0.1, -0.05) is 36.7 Å². The van der Waals surface area contributed by atoms with E-state index in [1.807, 2.05) is 26.0 Å². The Balaban J connectivity index is 1.67. The molecule has 0 bridgehead atoms. The second-order valence-corrected chi connectivity index (χ2v) is 9.51. The molecule has 3 aliphatic heterocycles. The van der Waals surface area contributed by atoms with Crippen molar-refractivity contribution < 1.29 is 9.59 Å². The number of fused-ring (bicyclic) bond motifs is 3. The highest BCUT2D eigenvalue weighted by molar-refractivity contribution is 9.10. The lowest BCUT2D eigenvalue weighted by Crippen LogP contribution is -2.67. The summed E-state index contributed by atoms with van der Waals surface area (Å²) in [6.07, 6.45) is -0.415. The van der Waals surface area contributed by atoms with Gasteiger partial charge in [0.1, 0.15) is 18.5 Å². The molecule has 0 aromatic heterocycles. The van der Waals surface area contributed by atoms with Crippen molar-refractivity contribution in [1.82, 2.24) is 20.0 Å². The number of rotatable bonds is 3. The minimum absolute atomic E-state index is 0.0818. The maximum Gasteiger partial charge on any atom is 0.327 e. The molecule has 1 aromatic carbocycles. The summed E-state index contributed by atoms with van der Waals surface area (Å²) in [5.41, 5.74) is 1.11. The van der Waals surface area contributed by atoms with Crippen molar-refractivity contribution in [3.63, 3.8) is 0 Å². The molecule has 0 aliphatic carbocycles. The number of nitrogens with one attached hydrogen (secondary N) is 1. The summed E-state index contributed by atoms with van der Waals surface area (Å²) in [6.45, 7) is 8.45. The predicted octanol–water partition coefficient (Wildman–Crippen LogP) is 2.34. The number of carbonyl (C=O) groups excluding carboxylic acids is 2. The van der Waals surface area contributed by atoms with E-state index in [4.69, 9.17) is 0 Å². The van der Waals surface area contributed by atoms with Crippen molar-refractivity contribution in [3.8, 4) is 0 Å². The number of nitrogens with zero attached hydrogens (tertiary/aromatic N) is 4. The van der Waals surface area contributed by atoms with Gasteiger partial charge in [0, 0.05) is 36.8 Å². The molecule has 4 atom stereocenters. The summed E-state index contributed by atoms with van der Waals surface area (Å²) in [5.74, 6) is 0.568. The number of anilines is 1. The topological polar surface area (TPSA) is 59.1 Å². The van der Waals surface area contributed by atoms with Crippen LogP contribution in [-0.2, 0) is 4.79 Å². The van der Waals surface area contributed by atoms with Crippen molar-refractivity contribution in [2.45, 2.75) is 39.3 Å². The summed E-state index contributed by atoms with van der Waals surface area (Å²) in [6, 6.07) is 7.68. The maximum atomic E-state index is 13.3. The van der Waals surface area contributed by atoms with E-state index in [0.29, 0.717) is 12.5 Å². The predicted molar refractivity (Wildman–Crippen MR) is 112 cm³/mol. The molecule has 0 radical (unpaired) electrons. The van der Waals surface area contributed by atoms with Gasteiger partial charge in [-0.2, -0.15) is 0 Å². The molecule has 3 aliphatic rings. The largest absolute Gasteiger partial charge is 0.343 e. The quantitative estimate of drug-likeness (QED) is 0.767. The summed E-state index contributed by atoms with van der Waals surface area (Å²) in [5, 5.41) is 3.56. The van der Waals surface area contributed by atoms with E-state index in [0.717, 1.165) is 23.2 Å². The molecular formula is C20H28BrN5O2. The number of imide groups is 1. The number of urea groups is 1. The molecule has 3 amide bonds. The first-order chi connectivity index (χ1) is 13.3. The Kier molecular flexibility index (Phi) is 5.14. The molecular weight excluding hydrogens is 422 g/mol. The highest BCUT2D eigenvalue weighted by atomic mass is 79.9. The SMILES string of the molecule is CC(C)CN1C(=O)C2C(NC3N(c4ccc(Br)cc4)CC(C)CN23)N(C)C1=O. The first kappa shape index (κ1) is 19.7. The van der Waals surface area contributed by atoms with Crippen LogP contribution in [0.2, 0.25) is 0 Å². The first-order valence-electron chi connectivity index (χ1n) is 9.90. The lowest BCUT2D eigenvalue weighted by Gasteiger charge is -2.46. The van der Waals surface area contributed by atoms with E-state index in [9.17, 15) is 9.59 Å². The molecule has 1 N–H and O–H groups in total. The molecule has 7 nitrogen and oxygen atoms in total. The number of carbonyl (C=O) groups is 2. The standard InChI is InChI=1S/C20H28BrN5O2/c1-12(2)9-26-18(27)16-17(23(4)20(26)28)22-19-24(10-13(3)11-25(16)19)15-7-5-14(21)6-8-15/h5-8,12-13,16-17,19,22H,9-11H2,1-4H3. The molecule has 3 fully saturated rings. The average molecular weight is 450 g/mol. The Hall–Kier alpha value is -1.64. The van der Waals surface area contributed by atoms with Crippen LogP contribution in [0.4, 0.5) is 10.5 Å². The van der Waals surface area contributed by atoms with Crippen molar-refractivity contribution in [2.24, 2.45) is 11.8 Å². The van der Waals surface area contributed by atoms with Crippen molar-refractivity contribution in [1.29, 1.82) is 0 Å². The van der Waals surface area contributed by atoms with Gasteiger partial charge in [-0.05, 0) is 36.1 Å². The van der Waals surface area contributed by atoms with Crippen LogP contribution in [0.15, 0.2) is 28.7 Å². The fourth-order valence-corrected chi connectivity index (χ4v) is 4.85. The van der Waals surface area contributed by atoms with E-state index < -0.39 is 0 Å². The molecule has 0 saturated carbocycles. The van der Waals surface area contributed by atoms with Gasteiger partial charge < -0.3 is 9.80 Å². The van der Waals surface area contributed by atoms with Crippen LogP contribution in [-0.4, -0.2) is 71.8 Å². The van der Waals surface area contributed by atoms with E-state index >= 15 is 0 Å². The third-order valence-corrected chi connectivity index (χ3v) is 6.32. The van der Waals surface area contributed by atoms with E-state index in [1.165, 1.54) is 4.90 Å².